The van der Waals surface area contributed by atoms with Crippen molar-refractivity contribution in [1.29, 1.82) is 0 Å². The molecule has 0 aliphatic heterocycles. The topological polar surface area (TPSA) is 59.8 Å². The highest BCUT2D eigenvalue weighted by molar-refractivity contribution is 9.10. The lowest BCUT2D eigenvalue weighted by Gasteiger charge is -2.08. The number of hydrogen-bond donors (Lipinski definition) is 1. The van der Waals surface area contributed by atoms with E-state index in [1.807, 2.05) is 41.8 Å². The van der Waals surface area contributed by atoms with Crippen LogP contribution in [0.15, 0.2) is 46.5 Å². The Hall–Kier alpha value is -1.60. The third-order valence-corrected chi connectivity index (χ3v) is 4.79. The van der Waals surface area contributed by atoms with Crippen molar-refractivity contribution in [3.05, 3.63) is 47.2 Å². The number of nitrogens with zero attached hydrogens (tertiary/aromatic N) is 3. The highest BCUT2D eigenvalue weighted by atomic mass is 79.9. The largest absolute Gasteiger partial charge is 0.325 e. The zero-order valence-electron chi connectivity index (χ0n) is 13.0. The van der Waals surface area contributed by atoms with Gasteiger partial charge in [0.05, 0.1) is 5.69 Å². The Morgan fingerprint density at radius 2 is 2.22 bits per heavy atom. The van der Waals surface area contributed by atoms with Crippen LogP contribution in [0.25, 0.3) is 0 Å². The van der Waals surface area contributed by atoms with Crippen LogP contribution in [0.4, 0.5) is 5.69 Å². The molecule has 7 heteroatoms. The molecule has 2 rings (SSSR count). The van der Waals surface area contributed by atoms with E-state index in [1.165, 1.54) is 11.8 Å². The monoisotopic (exact) mass is 394 g/mol. The summed E-state index contributed by atoms with van der Waals surface area (Å²) in [7, 11) is 0. The van der Waals surface area contributed by atoms with Gasteiger partial charge in [0.25, 0.3) is 0 Å². The number of amides is 1. The number of aryl methyl sites for hydroxylation is 1. The molecule has 0 unspecified atom stereocenters. The molecule has 1 amide bonds. The van der Waals surface area contributed by atoms with E-state index in [-0.39, 0.29) is 5.91 Å². The van der Waals surface area contributed by atoms with Crippen LogP contribution in [0.3, 0.4) is 0 Å². The molecule has 0 bridgehead atoms. The van der Waals surface area contributed by atoms with Crippen molar-refractivity contribution in [1.82, 2.24) is 14.8 Å². The van der Waals surface area contributed by atoms with Gasteiger partial charge in [0, 0.05) is 29.6 Å². The number of carbonyl (C=O) groups excluding carboxylic acids is 1. The summed E-state index contributed by atoms with van der Waals surface area (Å²) in [6.07, 6.45) is 3.06. The van der Waals surface area contributed by atoms with Crippen molar-refractivity contribution in [2.24, 2.45) is 0 Å². The summed E-state index contributed by atoms with van der Waals surface area (Å²) in [5.74, 6) is 1.56. The number of aromatic nitrogens is 3. The van der Waals surface area contributed by atoms with Crippen LogP contribution in [0.1, 0.15) is 19.2 Å². The Labute approximate surface area is 148 Å². The second kappa shape index (κ2) is 8.88. The molecule has 23 heavy (non-hydrogen) atoms. The zero-order valence-corrected chi connectivity index (χ0v) is 15.4. The van der Waals surface area contributed by atoms with Crippen molar-refractivity contribution in [2.45, 2.75) is 31.5 Å². The maximum Gasteiger partial charge on any atom is 0.225 e. The molecule has 0 fully saturated rings. The van der Waals surface area contributed by atoms with Gasteiger partial charge in [0.15, 0.2) is 5.16 Å². The first-order valence-corrected chi connectivity index (χ1v) is 9.13. The predicted molar refractivity (Wildman–Crippen MR) is 97.7 cm³/mol. The number of thioether (sulfide) groups is 1. The maximum absolute atomic E-state index is 12.0. The number of anilines is 1. The zero-order chi connectivity index (χ0) is 16.7. The average Bonchev–Trinajstić information content (AvgIpc) is 2.92. The van der Waals surface area contributed by atoms with Gasteiger partial charge in [-0.2, -0.15) is 0 Å². The minimum Gasteiger partial charge on any atom is -0.325 e. The molecule has 0 aliphatic carbocycles. The number of rotatable bonds is 8. The van der Waals surface area contributed by atoms with Crippen LogP contribution in [0, 0.1) is 0 Å². The van der Waals surface area contributed by atoms with Gasteiger partial charge >= 0.3 is 0 Å². The smallest absolute Gasteiger partial charge is 0.225 e. The number of halogens is 1. The fourth-order valence-corrected chi connectivity index (χ4v) is 3.30. The Morgan fingerprint density at radius 3 is 2.91 bits per heavy atom. The highest BCUT2D eigenvalue weighted by Gasteiger charge is 2.11. The number of hydrogen-bond acceptors (Lipinski definition) is 4. The first kappa shape index (κ1) is 17.7. The van der Waals surface area contributed by atoms with E-state index in [2.05, 4.69) is 38.0 Å². The first-order chi connectivity index (χ1) is 11.2. The average molecular weight is 395 g/mol. The van der Waals surface area contributed by atoms with Gasteiger partial charge in [-0.3, -0.25) is 4.79 Å². The number of para-hydroxylation sites is 1. The predicted octanol–water partition coefficient (Wildman–Crippen LogP) is 3.91. The first-order valence-electron chi connectivity index (χ1n) is 7.35. The van der Waals surface area contributed by atoms with Gasteiger partial charge in [-0.1, -0.05) is 36.9 Å². The second-order valence-corrected chi connectivity index (χ2v) is 6.69. The highest BCUT2D eigenvalue weighted by Crippen LogP contribution is 2.22. The third kappa shape index (κ3) is 4.94. The Balaban J connectivity index is 1.87. The Morgan fingerprint density at radius 1 is 1.43 bits per heavy atom. The molecule has 5 nitrogen and oxygen atoms in total. The molecule has 2 aromatic rings. The second-order valence-electron chi connectivity index (χ2n) is 4.78. The summed E-state index contributed by atoms with van der Waals surface area (Å²) in [5.41, 5.74) is 0.783. The summed E-state index contributed by atoms with van der Waals surface area (Å²) in [6, 6.07) is 7.56. The molecule has 0 atom stereocenters. The molecule has 1 aromatic heterocycles. The number of nitrogens with one attached hydrogen (secondary N) is 1. The van der Waals surface area contributed by atoms with Crippen LogP contribution in [-0.4, -0.2) is 26.4 Å². The maximum atomic E-state index is 12.0. The van der Waals surface area contributed by atoms with Crippen molar-refractivity contribution >= 4 is 39.3 Å². The number of allylic oxidation sites excluding steroid dienone is 1. The molecule has 1 aromatic carbocycles. The molecule has 0 saturated heterocycles. The van der Waals surface area contributed by atoms with Crippen molar-refractivity contribution in [2.75, 3.05) is 11.1 Å². The summed E-state index contributed by atoms with van der Waals surface area (Å²) >= 11 is 4.95. The number of benzene rings is 1. The van der Waals surface area contributed by atoms with Gasteiger partial charge in [0.1, 0.15) is 5.82 Å². The fraction of sp³-hybridized carbons (Fsp3) is 0.312. The van der Waals surface area contributed by atoms with E-state index >= 15 is 0 Å². The lowest BCUT2D eigenvalue weighted by molar-refractivity contribution is -0.115. The van der Waals surface area contributed by atoms with Gasteiger partial charge in [-0.25, -0.2) is 0 Å². The normalized spacial score (nSPS) is 10.5. The van der Waals surface area contributed by atoms with E-state index < -0.39 is 0 Å². The minimum atomic E-state index is -0.0186. The lowest BCUT2D eigenvalue weighted by atomic mass is 10.3. The van der Waals surface area contributed by atoms with Crippen LogP contribution in [-0.2, 0) is 17.8 Å². The van der Waals surface area contributed by atoms with Crippen LogP contribution in [0.5, 0.6) is 0 Å². The van der Waals surface area contributed by atoms with Crippen molar-refractivity contribution in [3.8, 4) is 0 Å². The SMILES string of the molecule is C=CCn1c(CC)nnc1SCCC(=O)Nc1ccccc1Br. The van der Waals surface area contributed by atoms with E-state index in [0.29, 0.717) is 18.7 Å². The number of carbonyl (C=O) groups is 1. The summed E-state index contributed by atoms with van der Waals surface area (Å²) in [6.45, 7) is 6.49. The summed E-state index contributed by atoms with van der Waals surface area (Å²) in [5, 5.41) is 12.1. The molecule has 0 spiro atoms. The van der Waals surface area contributed by atoms with Gasteiger partial charge in [-0.05, 0) is 28.1 Å². The van der Waals surface area contributed by atoms with Gasteiger partial charge in [0.2, 0.25) is 5.91 Å². The molecule has 1 heterocycles. The molecule has 0 saturated carbocycles. The van der Waals surface area contributed by atoms with E-state index in [0.717, 1.165) is 27.6 Å². The summed E-state index contributed by atoms with van der Waals surface area (Å²) in [4.78, 5) is 12.0. The molecular weight excluding hydrogens is 376 g/mol. The third-order valence-electron chi connectivity index (χ3n) is 3.13. The van der Waals surface area contributed by atoms with E-state index in [9.17, 15) is 4.79 Å². The van der Waals surface area contributed by atoms with Crippen LogP contribution >= 0.6 is 27.7 Å². The molecule has 122 valence electrons. The van der Waals surface area contributed by atoms with Crippen LogP contribution in [0.2, 0.25) is 0 Å². The lowest BCUT2D eigenvalue weighted by Crippen LogP contribution is -2.12. The van der Waals surface area contributed by atoms with E-state index in [1.54, 1.807) is 0 Å². The Kier molecular flexibility index (Phi) is 6.85. The fourth-order valence-electron chi connectivity index (χ4n) is 2.01. The molecule has 0 aliphatic rings. The molecule has 0 radical (unpaired) electrons. The molecule has 1 N–H and O–H groups in total. The minimum absolute atomic E-state index is 0.0186. The van der Waals surface area contributed by atoms with Gasteiger partial charge in [-0.15, -0.1) is 16.8 Å². The summed E-state index contributed by atoms with van der Waals surface area (Å²) < 4.78 is 2.91. The standard InChI is InChI=1S/C16H19BrN4OS/c1-3-10-21-14(4-2)19-20-16(21)23-11-9-15(22)18-13-8-6-5-7-12(13)17/h3,5-8H,1,4,9-11H2,2H3,(H,18,22). The quantitative estimate of drug-likeness (QED) is 0.544. The van der Waals surface area contributed by atoms with Crippen molar-refractivity contribution in [3.63, 3.8) is 0 Å². The van der Waals surface area contributed by atoms with E-state index in [4.69, 9.17) is 0 Å². The Bertz CT molecular complexity index is 686. The van der Waals surface area contributed by atoms with Gasteiger partial charge < -0.3 is 9.88 Å². The molecular formula is C16H19BrN4OS. The van der Waals surface area contributed by atoms with Crippen molar-refractivity contribution < 1.29 is 4.79 Å². The van der Waals surface area contributed by atoms with Crippen LogP contribution < -0.4 is 5.32 Å².